The average Bonchev–Trinajstić information content (AvgIpc) is 3.23. The highest BCUT2D eigenvalue weighted by Crippen LogP contribution is 2.35. The number of carbonyl (C=O) groups excluding carboxylic acids is 2. The minimum atomic E-state index is -0.398. The number of thioether (sulfide) groups is 1. The van der Waals surface area contributed by atoms with Crippen molar-refractivity contribution in [2.24, 2.45) is 4.99 Å². The normalized spacial score (nSPS) is 16.1. The van der Waals surface area contributed by atoms with E-state index in [0.29, 0.717) is 21.3 Å². The van der Waals surface area contributed by atoms with Crippen LogP contribution in [0, 0.1) is 27.7 Å². The lowest BCUT2D eigenvalue weighted by atomic mass is 10.1. The maximum atomic E-state index is 12.9. The quantitative estimate of drug-likeness (QED) is 0.359. The molecule has 3 aromatic rings. The Bertz CT molecular complexity index is 1350. The molecule has 1 aromatic heterocycles. The molecule has 1 aliphatic heterocycles. The number of benzene rings is 2. The van der Waals surface area contributed by atoms with E-state index in [9.17, 15) is 9.59 Å². The lowest BCUT2D eigenvalue weighted by Gasteiger charge is -2.13. The second kappa shape index (κ2) is 9.35. The van der Waals surface area contributed by atoms with Gasteiger partial charge in [0.15, 0.2) is 5.17 Å². The van der Waals surface area contributed by atoms with Crippen LogP contribution >= 0.6 is 11.8 Å². The molecule has 1 amide bonds. The van der Waals surface area contributed by atoms with E-state index in [1.54, 1.807) is 36.2 Å². The molecule has 1 saturated heterocycles. The monoisotopic (exact) mass is 473 g/mol. The number of hydrogen-bond donors (Lipinski definition) is 0. The summed E-state index contributed by atoms with van der Waals surface area (Å²) in [5.74, 6) is -0.489. The van der Waals surface area contributed by atoms with Crippen LogP contribution < -0.4 is 0 Å². The van der Waals surface area contributed by atoms with Gasteiger partial charge in [0.2, 0.25) is 0 Å². The highest BCUT2D eigenvalue weighted by atomic mass is 32.2. The van der Waals surface area contributed by atoms with Gasteiger partial charge in [-0.15, -0.1) is 0 Å². The van der Waals surface area contributed by atoms with Crippen LogP contribution in [0.3, 0.4) is 0 Å². The van der Waals surface area contributed by atoms with E-state index in [1.807, 2.05) is 6.08 Å². The van der Waals surface area contributed by atoms with E-state index >= 15 is 0 Å². The molecular formula is C27H27N3O3S. The molecule has 1 fully saturated rings. The molecule has 1 aliphatic rings. The van der Waals surface area contributed by atoms with Crippen molar-refractivity contribution >= 4 is 40.6 Å². The third-order valence-corrected chi connectivity index (χ3v) is 6.93. The Labute approximate surface area is 203 Å². The average molecular weight is 474 g/mol. The Morgan fingerprint density at radius 2 is 1.74 bits per heavy atom. The zero-order chi connectivity index (χ0) is 24.6. The molecule has 0 unspecified atom stereocenters. The Kier molecular flexibility index (Phi) is 6.48. The number of aryl methyl sites for hydroxylation is 3. The Hall–Kier alpha value is -3.58. The number of hydrogen-bond acceptors (Lipinski definition) is 5. The smallest absolute Gasteiger partial charge is 0.337 e. The Morgan fingerprint density at radius 1 is 1.03 bits per heavy atom. The number of likely N-dealkylation sites (N-methyl/N-ethyl adjacent to an activating group) is 1. The van der Waals surface area contributed by atoms with Crippen LogP contribution in [0.25, 0.3) is 11.8 Å². The number of esters is 1. The van der Waals surface area contributed by atoms with Gasteiger partial charge in [-0.25, -0.2) is 9.79 Å². The molecule has 174 valence electrons. The van der Waals surface area contributed by atoms with E-state index in [0.717, 1.165) is 22.6 Å². The maximum absolute atomic E-state index is 12.9. The fourth-order valence-electron chi connectivity index (χ4n) is 4.05. The first-order chi connectivity index (χ1) is 16.2. The predicted octanol–water partition coefficient (Wildman–Crippen LogP) is 5.73. The number of nitrogens with zero attached hydrogens (tertiary/aromatic N) is 3. The van der Waals surface area contributed by atoms with Gasteiger partial charge >= 0.3 is 5.97 Å². The highest BCUT2D eigenvalue weighted by molar-refractivity contribution is 8.18. The van der Waals surface area contributed by atoms with Crippen molar-refractivity contribution in [2.75, 3.05) is 14.2 Å². The number of amides is 1. The summed E-state index contributed by atoms with van der Waals surface area (Å²) >= 11 is 1.34. The van der Waals surface area contributed by atoms with Gasteiger partial charge in [-0.3, -0.25) is 9.69 Å². The van der Waals surface area contributed by atoms with Crippen molar-refractivity contribution in [3.8, 4) is 5.69 Å². The summed E-state index contributed by atoms with van der Waals surface area (Å²) in [7, 11) is 3.07. The number of rotatable bonds is 4. The maximum Gasteiger partial charge on any atom is 0.337 e. The summed E-state index contributed by atoms with van der Waals surface area (Å²) in [5, 5.41) is 0.588. The van der Waals surface area contributed by atoms with E-state index in [4.69, 9.17) is 4.74 Å². The molecule has 2 aromatic carbocycles. The van der Waals surface area contributed by atoms with Crippen LogP contribution in [-0.2, 0) is 9.53 Å². The van der Waals surface area contributed by atoms with Crippen molar-refractivity contribution in [3.05, 3.63) is 87.1 Å². The van der Waals surface area contributed by atoms with Gasteiger partial charge in [-0.2, -0.15) is 0 Å². The van der Waals surface area contributed by atoms with Crippen LogP contribution in [0.4, 0.5) is 5.69 Å². The molecule has 7 heteroatoms. The predicted molar refractivity (Wildman–Crippen MR) is 138 cm³/mol. The fraction of sp³-hybridized carbons (Fsp3) is 0.222. The van der Waals surface area contributed by atoms with Crippen LogP contribution in [0.15, 0.2) is 58.4 Å². The summed E-state index contributed by atoms with van der Waals surface area (Å²) in [5.41, 5.74) is 7.89. The number of methoxy groups -OCH3 is 1. The third-order valence-electron chi connectivity index (χ3n) is 5.87. The first-order valence-electron chi connectivity index (χ1n) is 10.9. The molecule has 0 N–H and O–H groups in total. The van der Waals surface area contributed by atoms with Gasteiger partial charge in [0.25, 0.3) is 5.91 Å². The Morgan fingerprint density at radius 3 is 2.38 bits per heavy atom. The standard InChI is InChI=1S/C27H27N3O3S/c1-16-7-12-23(17(2)13-16)30-18(3)14-21(19(30)4)15-24-25(31)29(5)27(34-24)28-22-10-8-20(9-11-22)26(32)33-6/h7-15H,1-6H3/b24-15-,28-27?. The topological polar surface area (TPSA) is 63.9 Å². The second-order valence-electron chi connectivity index (χ2n) is 8.36. The van der Waals surface area contributed by atoms with Crippen molar-refractivity contribution < 1.29 is 14.3 Å². The molecule has 34 heavy (non-hydrogen) atoms. The van der Waals surface area contributed by atoms with Crippen LogP contribution in [0.5, 0.6) is 0 Å². The van der Waals surface area contributed by atoms with Crippen LogP contribution in [-0.4, -0.2) is 40.7 Å². The number of amidine groups is 1. The Balaban J connectivity index is 1.64. The number of aliphatic imine (C=N–C) groups is 1. The van der Waals surface area contributed by atoms with Gasteiger partial charge in [0.05, 0.1) is 23.3 Å². The van der Waals surface area contributed by atoms with Gasteiger partial charge in [-0.05, 0) is 93.1 Å². The third kappa shape index (κ3) is 4.43. The fourth-order valence-corrected chi connectivity index (χ4v) is 5.03. The highest BCUT2D eigenvalue weighted by Gasteiger charge is 2.30. The zero-order valence-corrected chi connectivity index (χ0v) is 21.0. The largest absolute Gasteiger partial charge is 0.465 e. The molecule has 0 radical (unpaired) electrons. The summed E-state index contributed by atoms with van der Waals surface area (Å²) in [4.78, 5) is 31.4. The van der Waals surface area contributed by atoms with E-state index in [1.165, 1.54) is 30.0 Å². The molecular weight excluding hydrogens is 446 g/mol. The molecule has 6 nitrogen and oxygen atoms in total. The van der Waals surface area contributed by atoms with E-state index < -0.39 is 5.97 Å². The molecule has 0 atom stereocenters. The van der Waals surface area contributed by atoms with E-state index in [-0.39, 0.29) is 5.91 Å². The summed E-state index contributed by atoms with van der Waals surface area (Å²) in [6.45, 7) is 8.36. The number of aromatic nitrogens is 1. The molecule has 0 aliphatic carbocycles. The molecule has 0 spiro atoms. The minimum absolute atomic E-state index is 0.0914. The van der Waals surface area contributed by atoms with Gasteiger partial charge in [0.1, 0.15) is 0 Å². The lowest BCUT2D eigenvalue weighted by Crippen LogP contribution is -2.23. The first kappa shape index (κ1) is 23.6. The van der Waals surface area contributed by atoms with Gasteiger partial charge < -0.3 is 9.30 Å². The van der Waals surface area contributed by atoms with Crippen LogP contribution in [0.2, 0.25) is 0 Å². The van der Waals surface area contributed by atoms with E-state index in [2.05, 4.69) is 61.5 Å². The molecule has 0 bridgehead atoms. The van der Waals surface area contributed by atoms with Crippen molar-refractivity contribution in [1.29, 1.82) is 0 Å². The summed E-state index contributed by atoms with van der Waals surface area (Å²) in [6, 6.07) is 15.3. The number of ether oxygens (including phenoxy) is 1. The number of carbonyl (C=O) groups is 2. The van der Waals surface area contributed by atoms with Crippen molar-refractivity contribution in [2.45, 2.75) is 27.7 Å². The van der Waals surface area contributed by atoms with Crippen molar-refractivity contribution in [1.82, 2.24) is 9.47 Å². The molecule has 0 saturated carbocycles. The molecule has 2 heterocycles. The van der Waals surface area contributed by atoms with Gasteiger partial charge in [0, 0.05) is 24.1 Å². The zero-order valence-electron chi connectivity index (χ0n) is 20.2. The minimum Gasteiger partial charge on any atom is -0.465 e. The molecule has 4 rings (SSSR count). The van der Waals surface area contributed by atoms with Crippen LogP contribution in [0.1, 0.15) is 38.4 Å². The summed E-state index contributed by atoms with van der Waals surface area (Å²) < 4.78 is 6.96. The van der Waals surface area contributed by atoms with Gasteiger partial charge in [-0.1, -0.05) is 17.7 Å². The second-order valence-corrected chi connectivity index (χ2v) is 9.37. The summed E-state index contributed by atoms with van der Waals surface area (Å²) in [6.07, 6.45) is 1.94. The first-order valence-corrected chi connectivity index (χ1v) is 11.7. The SMILES string of the molecule is COC(=O)c1ccc(N=C2S/C(=C\c3cc(C)n(-c4ccc(C)cc4C)c3C)C(=O)N2C)cc1. The lowest BCUT2D eigenvalue weighted by molar-refractivity contribution is -0.121. The van der Waals surface area contributed by atoms with Crippen molar-refractivity contribution in [3.63, 3.8) is 0 Å².